The normalized spacial score (nSPS) is 10.2. The van der Waals surface area contributed by atoms with Crippen LogP contribution in [0.15, 0.2) is 60.7 Å². The summed E-state index contributed by atoms with van der Waals surface area (Å²) in [7, 11) is 1.39. The molecule has 3 aromatic rings. The van der Waals surface area contributed by atoms with E-state index < -0.39 is 0 Å². The molecule has 3 rings (SSSR count). The number of benzene rings is 3. The number of hydrogen-bond acceptors (Lipinski definition) is 4. The molecular weight excluding hydrogens is 410 g/mol. The van der Waals surface area contributed by atoms with E-state index in [1.54, 1.807) is 0 Å². The molecular formula is C29H35NO3. The van der Waals surface area contributed by atoms with E-state index in [4.69, 9.17) is 4.74 Å². The van der Waals surface area contributed by atoms with E-state index in [-0.39, 0.29) is 18.3 Å². The van der Waals surface area contributed by atoms with Crippen molar-refractivity contribution in [3.8, 4) is 0 Å². The summed E-state index contributed by atoms with van der Waals surface area (Å²) in [5.41, 5.74) is 7.61. The highest BCUT2D eigenvalue weighted by Crippen LogP contribution is 2.25. The van der Waals surface area contributed by atoms with Gasteiger partial charge in [0.05, 0.1) is 7.11 Å². The summed E-state index contributed by atoms with van der Waals surface area (Å²) in [6.45, 7) is 12.7. The minimum atomic E-state index is -0.322. The molecule has 174 valence electrons. The third-order valence-electron chi connectivity index (χ3n) is 5.82. The van der Waals surface area contributed by atoms with Crippen LogP contribution in [0.1, 0.15) is 57.6 Å². The van der Waals surface area contributed by atoms with Gasteiger partial charge in [-0.15, -0.1) is 0 Å². The van der Waals surface area contributed by atoms with Crippen LogP contribution >= 0.6 is 0 Å². The number of anilines is 1. The lowest BCUT2D eigenvalue weighted by atomic mass is 9.93. The number of para-hydroxylation sites is 1. The van der Waals surface area contributed by atoms with Crippen LogP contribution < -0.4 is 4.90 Å². The minimum Gasteiger partial charge on any atom is -0.468 e. The Morgan fingerprint density at radius 1 is 0.818 bits per heavy atom. The summed E-state index contributed by atoms with van der Waals surface area (Å²) in [4.78, 5) is 27.5. The summed E-state index contributed by atoms with van der Waals surface area (Å²) in [5, 5.41) is 0. The van der Waals surface area contributed by atoms with E-state index in [0.29, 0.717) is 17.7 Å². The van der Waals surface area contributed by atoms with Gasteiger partial charge < -0.3 is 9.64 Å². The van der Waals surface area contributed by atoms with Crippen LogP contribution in [0, 0.1) is 27.7 Å². The van der Waals surface area contributed by atoms with Gasteiger partial charge in [-0.05, 0) is 73.7 Å². The van der Waals surface area contributed by atoms with Gasteiger partial charge in [0.2, 0.25) is 0 Å². The van der Waals surface area contributed by atoms with Crippen LogP contribution in [-0.4, -0.2) is 25.4 Å². The van der Waals surface area contributed by atoms with Crippen molar-refractivity contribution in [2.75, 3.05) is 18.6 Å². The van der Waals surface area contributed by atoms with Gasteiger partial charge >= 0.3 is 5.97 Å². The van der Waals surface area contributed by atoms with Crippen LogP contribution in [0.4, 0.5) is 5.69 Å². The molecule has 0 aliphatic heterocycles. The molecule has 4 heteroatoms. The summed E-state index contributed by atoms with van der Waals surface area (Å²) in [6, 6.07) is 19.4. The van der Waals surface area contributed by atoms with Crippen LogP contribution in [-0.2, 0) is 16.1 Å². The first-order valence-electron chi connectivity index (χ1n) is 11.4. The second kappa shape index (κ2) is 12.0. The molecule has 0 spiro atoms. The van der Waals surface area contributed by atoms with E-state index in [1.165, 1.54) is 12.7 Å². The van der Waals surface area contributed by atoms with Gasteiger partial charge in [0.15, 0.2) is 5.78 Å². The lowest BCUT2D eigenvalue weighted by molar-refractivity contribution is -0.139. The van der Waals surface area contributed by atoms with Crippen LogP contribution in [0.5, 0.6) is 0 Å². The van der Waals surface area contributed by atoms with Gasteiger partial charge in [0.1, 0.15) is 6.54 Å². The smallest absolute Gasteiger partial charge is 0.325 e. The van der Waals surface area contributed by atoms with Crippen molar-refractivity contribution in [1.82, 2.24) is 0 Å². The van der Waals surface area contributed by atoms with Crippen LogP contribution in [0.2, 0.25) is 0 Å². The lowest BCUT2D eigenvalue weighted by Gasteiger charge is -2.26. The molecule has 0 saturated heterocycles. The molecule has 4 nitrogen and oxygen atoms in total. The first kappa shape index (κ1) is 25.9. The van der Waals surface area contributed by atoms with Crippen molar-refractivity contribution >= 4 is 17.4 Å². The lowest BCUT2D eigenvalue weighted by Crippen LogP contribution is -2.31. The quantitative estimate of drug-likeness (QED) is 0.314. The number of carbonyl (C=O) groups is 2. The number of rotatable bonds is 7. The maximum absolute atomic E-state index is 13.4. The Morgan fingerprint density at radius 3 is 2.00 bits per heavy atom. The molecule has 0 fully saturated rings. The van der Waals surface area contributed by atoms with E-state index >= 15 is 0 Å². The number of esters is 1. The molecule has 0 aliphatic rings. The van der Waals surface area contributed by atoms with Gasteiger partial charge in [0.25, 0.3) is 0 Å². The molecule has 0 bridgehead atoms. The third-order valence-corrected chi connectivity index (χ3v) is 5.82. The minimum absolute atomic E-state index is 0.00963. The van der Waals surface area contributed by atoms with Crippen molar-refractivity contribution in [3.63, 3.8) is 0 Å². The summed E-state index contributed by atoms with van der Waals surface area (Å²) >= 11 is 0. The van der Waals surface area contributed by atoms with Crippen molar-refractivity contribution in [2.24, 2.45) is 0 Å². The third kappa shape index (κ3) is 6.32. The van der Waals surface area contributed by atoms with Crippen molar-refractivity contribution < 1.29 is 14.3 Å². The SMILES string of the molecule is CC.COC(=O)CN(Cc1ccccc1C(=O)c1cc(C)c(C)c(C)c1)c1ccccc1C. The summed E-state index contributed by atoms with van der Waals surface area (Å²) < 4.78 is 4.92. The Morgan fingerprint density at radius 2 is 1.39 bits per heavy atom. The maximum Gasteiger partial charge on any atom is 0.325 e. The molecule has 0 aromatic heterocycles. The summed E-state index contributed by atoms with van der Waals surface area (Å²) in [6.07, 6.45) is 0. The molecule has 0 heterocycles. The standard InChI is InChI=1S/C27H29NO3.C2H6/c1-18-10-6-9-13-25(18)28(17-26(29)31-5)16-22-11-7-8-12-24(22)27(30)23-14-19(2)21(4)20(3)15-23;1-2/h6-15H,16-17H2,1-5H3;1-2H3. The highest BCUT2D eigenvalue weighted by molar-refractivity contribution is 6.10. The van der Waals surface area contributed by atoms with Crippen LogP contribution in [0.25, 0.3) is 0 Å². The largest absolute Gasteiger partial charge is 0.468 e. The molecule has 0 atom stereocenters. The highest BCUT2D eigenvalue weighted by atomic mass is 16.5. The first-order chi connectivity index (χ1) is 15.8. The number of carbonyl (C=O) groups excluding carboxylic acids is 2. The average Bonchev–Trinajstić information content (AvgIpc) is 2.83. The molecule has 0 aliphatic carbocycles. The monoisotopic (exact) mass is 445 g/mol. The molecule has 0 saturated carbocycles. The Labute approximate surface area is 198 Å². The van der Waals surface area contributed by atoms with Crippen molar-refractivity contribution in [3.05, 3.63) is 99.6 Å². The predicted molar refractivity (Wildman–Crippen MR) is 136 cm³/mol. The zero-order valence-corrected chi connectivity index (χ0v) is 20.9. The fourth-order valence-electron chi connectivity index (χ4n) is 3.77. The van der Waals surface area contributed by atoms with Crippen molar-refractivity contribution in [2.45, 2.75) is 48.1 Å². The van der Waals surface area contributed by atoms with Crippen molar-refractivity contribution in [1.29, 1.82) is 0 Å². The topological polar surface area (TPSA) is 46.6 Å². The van der Waals surface area contributed by atoms with E-state index in [9.17, 15) is 9.59 Å². The number of ether oxygens (including phenoxy) is 1. The van der Waals surface area contributed by atoms with E-state index in [2.05, 4.69) is 6.92 Å². The number of methoxy groups -OCH3 is 1. The zero-order valence-electron chi connectivity index (χ0n) is 20.9. The first-order valence-corrected chi connectivity index (χ1v) is 11.4. The molecule has 0 N–H and O–H groups in total. The van der Waals surface area contributed by atoms with Gasteiger partial charge in [-0.1, -0.05) is 56.3 Å². The molecule has 3 aromatic carbocycles. The second-order valence-corrected chi connectivity index (χ2v) is 7.94. The molecule has 0 unspecified atom stereocenters. The average molecular weight is 446 g/mol. The number of ketones is 1. The second-order valence-electron chi connectivity index (χ2n) is 7.94. The Hall–Kier alpha value is -3.40. The fourth-order valence-corrected chi connectivity index (χ4v) is 3.77. The fraction of sp³-hybridized carbons (Fsp3) is 0.310. The van der Waals surface area contributed by atoms with Gasteiger partial charge in [-0.3, -0.25) is 9.59 Å². The van der Waals surface area contributed by atoms with Gasteiger partial charge in [-0.2, -0.15) is 0 Å². The van der Waals surface area contributed by atoms with Crippen LogP contribution in [0.3, 0.4) is 0 Å². The zero-order chi connectivity index (χ0) is 24.5. The Kier molecular flexibility index (Phi) is 9.41. The maximum atomic E-state index is 13.4. The predicted octanol–water partition coefficient (Wildman–Crippen LogP) is 6.36. The molecule has 0 amide bonds. The van der Waals surface area contributed by atoms with Gasteiger partial charge in [0, 0.05) is 23.4 Å². The van der Waals surface area contributed by atoms with Gasteiger partial charge in [-0.25, -0.2) is 0 Å². The van der Waals surface area contributed by atoms with E-state index in [1.807, 2.05) is 100 Å². The molecule has 0 radical (unpaired) electrons. The summed E-state index contributed by atoms with van der Waals surface area (Å²) in [5.74, 6) is -0.332. The Bertz CT molecular complexity index is 1090. The number of nitrogens with zero attached hydrogens (tertiary/aromatic N) is 1. The highest BCUT2D eigenvalue weighted by Gasteiger charge is 2.19. The Balaban J connectivity index is 0.00000187. The number of aryl methyl sites for hydroxylation is 3. The number of hydrogen-bond donors (Lipinski definition) is 0. The molecule has 33 heavy (non-hydrogen) atoms. The van der Waals surface area contributed by atoms with E-state index in [0.717, 1.165) is 27.9 Å².